The smallest absolute Gasteiger partial charge is 0.262 e. The van der Waals surface area contributed by atoms with Crippen molar-refractivity contribution >= 4 is 40.3 Å². The maximum absolute atomic E-state index is 13.1. The number of methoxy groups -OCH3 is 2. The van der Waals surface area contributed by atoms with Crippen LogP contribution in [0.15, 0.2) is 59.8 Å². The van der Waals surface area contributed by atoms with Gasteiger partial charge in [0.05, 0.1) is 67.6 Å². The Labute approximate surface area is 357 Å². The molecular weight excluding hydrogens is 801 g/mol. The van der Waals surface area contributed by atoms with Crippen LogP contribution >= 0.6 is 0 Å². The fourth-order valence-corrected chi connectivity index (χ4v) is 9.04. The summed E-state index contributed by atoms with van der Waals surface area (Å²) in [6.07, 6.45) is 7.97. The number of aromatic nitrogens is 2. The van der Waals surface area contributed by atoms with Crippen molar-refractivity contribution < 1.29 is 47.7 Å². The lowest BCUT2D eigenvalue weighted by atomic mass is 9.80. The third-order valence-corrected chi connectivity index (χ3v) is 12.3. The van der Waals surface area contributed by atoms with Crippen LogP contribution in [0.1, 0.15) is 64.8 Å². The fraction of sp³-hybridized carbons (Fsp3) is 0.444. The number of ether oxygens (including phenoxy) is 5. The summed E-state index contributed by atoms with van der Waals surface area (Å²) in [5.41, 5.74) is 2.61. The van der Waals surface area contributed by atoms with E-state index in [0.29, 0.717) is 48.8 Å². The molecule has 5 amide bonds. The Hall–Kier alpha value is -6.17. The predicted octanol–water partition coefficient (Wildman–Crippen LogP) is 3.09. The molecule has 0 aliphatic carbocycles. The van der Waals surface area contributed by atoms with Crippen molar-refractivity contribution in [2.24, 2.45) is 7.05 Å². The first-order valence-corrected chi connectivity index (χ1v) is 20.8. The third kappa shape index (κ3) is 8.39. The second kappa shape index (κ2) is 17.7. The number of fused-ring (bicyclic) bond motifs is 2. The number of carbonyl (C=O) groups excluding carboxylic acids is 5. The maximum Gasteiger partial charge on any atom is 0.262 e. The van der Waals surface area contributed by atoms with Crippen molar-refractivity contribution in [2.45, 2.75) is 62.8 Å². The van der Waals surface area contributed by atoms with E-state index in [9.17, 15) is 28.8 Å². The first-order valence-electron chi connectivity index (χ1n) is 20.8. The van der Waals surface area contributed by atoms with Gasteiger partial charge in [-0.1, -0.05) is 0 Å². The lowest BCUT2D eigenvalue weighted by Gasteiger charge is -2.52. The minimum absolute atomic E-state index is 0.0224. The van der Waals surface area contributed by atoms with Crippen LogP contribution in [0.3, 0.4) is 0 Å². The highest BCUT2D eigenvalue weighted by molar-refractivity contribution is 6.23. The van der Waals surface area contributed by atoms with Crippen molar-refractivity contribution in [1.29, 1.82) is 0 Å². The average Bonchev–Trinajstić information content (AvgIpc) is 3.50. The minimum Gasteiger partial charge on any atom is -0.496 e. The topological polar surface area (TPSA) is 188 Å². The highest BCUT2D eigenvalue weighted by atomic mass is 16.5. The van der Waals surface area contributed by atoms with Crippen LogP contribution in [0.4, 0.5) is 0 Å². The van der Waals surface area contributed by atoms with Crippen LogP contribution in [-0.2, 0) is 37.4 Å². The summed E-state index contributed by atoms with van der Waals surface area (Å²) in [5, 5.41) is 3.53. The van der Waals surface area contributed by atoms with E-state index in [0.717, 1.165) is 46.2 Å². The molecule has 2 aromatic carbocycles. The van der Waals surface area contributed by atoms with E-state index in [1.54, 1.807) is 44.3 Å². The van der Waals surface area contributed by atoms with Crippen LogP contribution < -0.4 is 25.1 Å². The molecular formula is C45H50N6O11. The van der Waals surface area contributed by atoms with Gasteiger partial charge in [-0.05, 0) is 73.7 Å². The number of hydrogen-bond acceptors (Lipinski definition) is 13. The van der Waals surface area contributed by atoms with Gasteiger partial charge in [0.1, 0.15) is 29.9 Å². The van der Waals surface area contributed by atoms with Gasteiger partial charge in [0.25, 0.3) is 17.4 Å². The number of carbonyl (C=O) groups is 5. The molecule has 0 bridgehead atoms. The summed E-state index contributed by atoms with van der Waals surface area (Å²) >= 11 is 0. The molecule has 4 aromatic rings. The first-order chi connectivity index (χ1) is 29.9. The van der Waals surface area contributed by atoms with Gasteiger partial charge < -0.3 is 33.2 Å². The second-order valence-corrected chi connectivity index (χ2v) is 16.3. The molecule has 62 heavy (non-hydrogen) atoms. The molecule has 0 radical (unpaired) electrons. The molecule has 8 rings (SSSR count). The quantitative estimate of drug-likeness (QED) is 0.136. The summed E-state index contributed by atoms with van der Waals surface area (Å²) in [4.78, 5) is 84.8. The Morgan fingerprint density at radius 1 is 0.935 bits per heavy atom. The Balaban J connectivity index is 0.752. The van der Waals surface area contributed by atoms with Crippen molar-refractivity contribution in [1.82, 2.24) is 29.6 Å². The molecule has 2 atom stereocenters. The van der Waals surface area contributed by atoms with Gasteiger partial charge in [0.2, 0.25) is 17.7 Å². The number of imide groups is 2. The van der Waals surface area contributed by atoms with Crippen molar-refractivity contribution in [3.63, 3.8) is 0 Å². The van der Waals surface area contributed by atoms with E-state index < -0.39 is 29.7 Å². The van der Waals surface area contributed by atoms with Crippen LogP contribution in [0.25, 0.3) is 21.9 Å². The average molecular weight is 851 g/mol. The number of benzene rings is 2. The number of aryl methyl sites for hydroxylation is 1. The second-order valence-electron chi connectivity index (χ2n) is 16.3. The molecule has 1 spiro atoms. The highest BCUT2D eigenvalue weighted by Crippen LogP contribution is 2.43. The van der Waals surface area contributed by atoms with E-state index in [1.165, 1.54) is 12.1 Å². The van der Waals surface area contributed by atoms with Gasteiger partial charge in [-0.2, -0.15) is 0 Å². The number of amides is 5. The van der Waals surface area contributed by atoms with E-state index in [-0.39, 0.29) is 73.4 Å². The molecule has 1 N–H and O–H groups in total. The van der Waals surface area contributed by atoms with Gasteiger partial charge >= 0.3 is 0 Å². The summed E-state index contributed by atoms with van der Waals surface area (Å²) in [6.45, 7) is 3.12. The number of hydrogen-bond donors (Lipinski definition) is 1. The summed E-state index contributed by atoms with van der Waals surface area (Å²) in [5.74, 6) is -0.537. The van der Waals surface area contributed by atoms with Crippen LogP contribution in [0.2, 0.25) is 0 Å². The molecule has 2 aromatic heterocycles. The first kappa shape index (κ1) is 42.5. The van der Waals surface area contributed by atoms with E-state index >= 15 is 0 Å². The zero-order valence-corrected chi connectivity index (χ0v) is 35.3. The van der Waals surface area contributed by atoms with Crippen LogP contribution in [0.5, 0.6) is 17.2 Å². The molecule has 0 saturated carbocycles. The molecule has 6 heterocycles. The molecule has 17 nitrogen and oxygen atoms in total. The van der Waals surface area contributed by atoms with Crippen LogP contribution in [-0.4, -0.2) is 132 Å². The van der Waals surface area contributed by atoms with E-state index in [1.807, 2.05) is 36.3 Å². The number of piperidine rings is 2. The molecule has 326 valence electrons. The van der Waals surface area contributed by atoms with Gasteiger partial charge in [0, 0.05) is 70.2 Å². The Kier molecular flexibility index (Phi) is 12.1. The summed E-state index contributed by atoms with van der Waals surface area (Å²) < 4.78 is 31.3. The van der Waals surface area contributed by atoms with Gasteiger partial charge in [-0.25, -0.2) is 0 Å². The number of nitrogens with one attached hydrogen (secondary N) is 1. The lowest BCUT2D eigenvalue weighted by molar-refractivity contribution is -0.228. The lowest BCUT2D eigenvalue weighted by Crippen LogP contribution is -2.59. The van der Waals surface area contributed by atoms with Gasteiger partial charge in [-0.15, -0.1) is 0 Å². The molecule has 4 aliphatic heterocycles. The Morgan fingerprint density at radius 3 is 2.37 bits per heavy atom. The van der Waals surface area contributed by atoms with Crippen LogP contribution in [0, 0.1) is 0 Å². The zero-order valence-electron chi connectivity index (χ0n) is 35.3. The Morgan fingerprint density at radius 2 is 1.66 bits per heavy atom. The molecule has 3 saturated heterocycles. The number of pyridine rings is 2. The predicted molar refractivity (Wildman–Crippen MR) is 224 cm³/mol. The van der Waals surface area contributed by atoms with Gasteiger partial charge in [0.15, 0.2) is 0 Å². The number of likely N-dealkylation sites (N-methyl/N-ethyl adjacent to an activating group) is 1. The molecule has 17 heteroatoms. The Bertz CT molecular complexity index is 2460. The van der Waals surface area contributed by atoms with E-state index in [4.69, 9.17) is 23.7 Å². The largest absolute Gasteiger partial charge is 0.496 e. The number of likely N-dealkylation sites (tertiary alicyclic amines) is 1. The highest BCUT2D eigenvalue weighted by Gasteiger charge is 2.48. The fourth-order valence-electron chi connectivity index (χ4n) is 9.04. The standard InChI is InChI=1S/C45H50N6O11/c1-48(25-35-37(58-3)19-27(20-38(35)59-4)34-26-49(2)42(55)33-23-46-13-9-30(33)34)24-29-22-45(62-29)11-14-50(15-12-45)40(53)10-16-60-17-18-61-28-5-6-31-32(21-28)44(57)51(43(31)56)36-7-8-39(52)47-41(36)54/h5-6,9,13,19-21,23,26,29,36H,7-8,10-12,14-18,22,24-25H2,1-4H3,(H,47,52,54). The van der Waals surface area contributed by atoms with Crippen molar-refractivity contribution in [3.8, 4) is 28.4 Å². The monoisotopic (exact) mass is 850 g/mol. The molecule has 4 aliphatic rings. The zero-order chi connectivity index (χ0) is 43.7. The van der Waals surface area contributed by atoms with Crippen molar-refractivity contribution in [3.05, 3.63) is 82.0 Å². The summed E-state index contributed by atoms with van der Waals surface area (Å²) in [6, 6.07) is 9.29. The minimum atomic E-state index is -1.04. The molecule has 3 fully saturated rings. The molecule has 2 unspecified atom stereocenters. The van der Waals surface area contributed by atoms with Gasteiger partial charge in [-0.3, -0.25) is 48.9 Å². The SMILES string of the molecule is COc1cc(-c2cn(C)c(=O)c3cnccc23)cc(OC)c1CN(C)CC1CC2(CCN(C(=O)CCOCCOc3ccc4c(c3)C(=O)N(C3CCC(=O)NC3=O)C4=O)CC2)O1. The van der Waals surface area contributed by atoms with Crippen molar-refractivity contribution in [2.75, 3.05) is 60.7 Å². The maximum atomic E-state index is 13.1. The number of nitrogens with zero attached hydrogens (tertiary/aromatic N) is 5. The summed E-state index contributed by atoms with van der Waals surface area (Å²) in [7, 11) is 7.05. The third-order valence-electron chi connectivity index (χ3n) is 12.3. The number of rotatable bonds is 15. The van der Waals surface area contributed by atoms with E-state index in [2.05, 4.69) is 15.2 Å². The normalized spacial score (nSPS) is 19.5.